The fraction of sp³-hybridized carbons (Fsp3) is 0.300. The molecule has 0 radical (unpaired) electrons. The molecule has 2 atom stereocenters. The second kappa shape index (κ2) is 6.52. The average molecular weight is 356 g/mol. The Morgan fingerprint density at radius 1 is 0.962 bits per heavy atom. The molecule has 1 N–H and O–H groups in total. The molecule has 4 nitrogen and oxygen atoms in total. The Morgan fingerprint density at radius 3 is 2.38 bits per heavy atom. The van der Waals surface area contributed by atoms with Gasteiger partial charge in [0.1, 0.15) is 17.3 Å². The highest BCUT2D eigenvalue weighted by molar-refractivity contribution is 5.99. The molecule has 6 heteroatoms. The summed E-state index contributed by atoms with van der Waals surface area (Å²) in [5.74, 6) is -3.16. The van der Waals surface area contributed by atoms with Crippen molar-refractivity contribution >= 4 is 17.5 Å². The van der Waals surface area contributed by atoms with Crippen LogP contribution in [-0.4, -0.2) is 23.3 Å². The van der Waals surface area contributed by atoms with Crippen molar-refractivity contribution in [3.8, 4) is 0 Å². The normalized spacial score (nSPS) is 21.1. The Labute approximate surface area is 149 Å². The van der Waals surface area contributed by atoms with Crippen LogP contribution in [0, 0.1) is 23.5 Å². The lowest BCUT2D eigenvalue weighted by molar-refractivity contribution is -0.135. The molecule has 26 heavy (non-hydrogen) atoms. The zero-order chi connectivity index (χ0) is 18.3. The summed E-state index contributed by atoms with van der Waals surface area (Å²) in [6, 6.07) is 11.4. The number of hydrogen-bond acceptors (Lipinski definition) is 2. The molecule has 1 aliphatic carbocycles. The Balaban J connectivity index is 1.39. The maximum Gasteiger partial charge on any atom is 0.228 e. The molecule has 1 fully saturated rings. The lowest BCUT2D eigenvalue weighted by Gasteiger charge is -2.29. The Kier molecular flexibility index (Phi) is 4.18. The van der Waals surface area contributed by atoms with Gasteiger partial charge in [-0.05, 0) is 36.1 Å². The van der Waals surface area contributed by atoms with Crippen molar-refractivity contribution in [3.05, 3.63) is 65.2 Å². The molecule has 134 valence electrons. The van der Waals surface area contributed by atoms with E-state index in [2.05, 4.69) is 11.4 Å². The number of carbonyl (C=O) groups is 2. The van der Waals surface area contributed by atoms with Gasteiger partial charge in [0.2, 0.25) is 11.8 Å². The first-order valence-electron chi connectivity index (χ1n) is 8.65. The molecule has 2 aliphatic rings. The van der Waals surface area contributed by atoms with Crippen LogP contribution in [0.3, 0.4) is 0 Å². The molecule has 2 amide bonds. The van der Waals surface area contributed by atoms with Crippen LogP contribution < -0.4 is 5.32 Å². The Bertz CT molecular complexity index is 864. The van der Waals surface area contributed by atoms with Crippen molar-refractivity contribution in [2.24, 2.45) is 11.8 Å². The fourth-order valence-electron chi connectivity index (χ4n) is 3.51. The quantitative estimate of drug-likeness (QED) is 0.919. The molecule has 1 heterocycles. The summed E-state index contributed by atoms with van der Waals surface area (Å²) in [6.45, 7) is 1.17. The van der Waals surface area contributed by atoms with Crippen LogP contribution in [0.25, 0.3) is 0 Å². The third-order valence-electron chi connectivity index (χ3n) is 5.10. The molecule has 0 saturated heterocycles. The van der Waals surface area contributed by atoms with Crippen LogP contribution in [0.4, 0.5) is 14.5 Å². The van der Waals surface area contributed by atoms with E-state index in [0.29, 0.717) is 19.5 Å². The number of nitrogens with one attached hydrogen (secondary N) is 1. The third-order valence-corrected chi connectivity index (χ3v) is 5.10. The first-order valence-corrected chi connectivity index (χ1v) is 8.65. The van der Waals surface area contributed by atoms with E-state index >= 15 is 0 Å². The molecule has 4 rings (SSSR count). The molecule has 1 saturated carbocycles. The smallest absolute Gasteiger partial charge is 0.228 e. The molecule has 2 unspecified atom stereocenters. The van der Waals surface area contributed by atoms with Gasteiger partial charge in [-0.3, -0.25) is 9.59 Å². The number of halogens is 2. The van der Waals surface area contributed by atoms with Gasteiger partial charge in [0.05, 0.1) is 11.8 Å². The number of anilines is 1. The maximum atomic E-state index is 13.7. The van der Waals surface area contributed by atoms with E-state index in [1.54, 1.807) is 4.90 Å². The zero-order valence-electron chi connectivity index (χ0n) is 14.0. The molecule has 2 aromatic carbocycles. The highest BCUT2D eigenvalue weighted by atomic mass is 19.1. The molecule has 1 aliphatic heterocycles. The first kappa shape index (κ1) is 16.7. The highest BCUT2D eigenvalue weighted by Crippen LogP contribution is 2.41. The lowest BCUT2D eigenvalue weighted by Crippen LogP contribution is -2.37. The Morgan fingerprint density at radius 2 is 1.65 bits per heavy atom. The largest absolute Gasteiger partial charge is 0.338 e. The van der Waals surface area contributed by atoms with Crippen molar-refractivity contribution in [3.63, 3.8) is 0 Å². The van der Waals surface area contributed by atoms with Crippen LogP contribution in [0.1, 0.15) is 17.5 Å². The summed E-state index contributed by atoms with van der Waals surface area (Å²) in [7, 11) is 0. The van der Waals surface area contributed by atoms with Crippen LogP contribution >= 0.6 is 0 Å². The van der Waals surface area contributed by atoms with E-state index < -0.39 is 35.1 Å². The highest BCUT2D eigenvalue weighted by Gasteiger charge is 2.50. The van der Waals surface area contributed by atoms with Gasteiger partial charge < -0.3 is 10.2 Å². The summed E-state index contributed by atoms with van der Waals surface area (Å²) >= 11 is 0. The summed E-state index contributed by atoms with van der Waals surface area (Å²) < 4.78 is 27.3. The van der Waals surface area contributed by atoms with Crippen LogP contribution in [-0.2, 0) is 22.6 Å². The van der Waals surface area contributed by atoms with Gasteiger partial charge in [-0.15, -0.1) is 0 Å². The minimum Gasteiger partial charge on any atom is -0.338 e. The van der Waals surface area contributed by atoms with Crippen LogP contribution in [0.15, 0.2) is 42.5 Å². The number of benzene rings is 2. The number of carbonyl (C=O) groups excluding carboxylic acids is 2. The van der Waals surface area contributed by atoms with E-state index in [9.17, 15) is 18.4 Å². The fourth-order valence-corrected chi connectivity index (χ4v) is 3.51. The number of para-hydroxylation sites is 1. The van der Waals surface area contributed by atoms with Crippen LogP contribution in [0.5, 0.6) is 0 Å². The second-order valence-electron chi connectivity index (χ2n) is 6.81. The number of hydrogen-bond donors (Lipinski definition) is 1. The number of fused-ring (bicyclic) bond motifs is 1. The first-order chi connectivity index (χ1) is 12.5. The minimum atomic E-state index is -0.825. The van der Waals surface area contributed by atoms with E-state index in [-0.39, 0.29) is 5.91 Å². The van der Waals surface area contributed by atoms with E-state index in [1.165, 1.54) is 11.6 Å². The summed E-state index contributed by atoms with van der Waals surface area (Å²) in [5, 5.41) is 2.28. The summed E-state index contributed by atoms with van der Waals surface area (Å²) in [5.41, 5.74) is 1.92. The van der Waals surface area contributed by atoms with Crippen molar-refractivity contribution < 1.29 is 18.4 Å². The van der Waals surface area contributed by atoms with Gasteiger partial charge in [-0.25, -0.2) is 8.78 Å². The van der Waals surface area contributed by atoms with Gasteiger partial charge in [-0.2, -0.15) is 0 Å². The summed E-state index contributed by atoms with van der Waals surface area (Å²) in [4.78, 5) is 26.7. The van der Waals surface area contributed by atoms with Crippen molar-refractivity contribution in [1.82, 2.24) is 4.90 Å². The predicted octanol–water partition coefficient (Wildman–Crippen LogP) is 3.12. The lowest BCUT2D eigenvalue weighted by atomic mass is 9.99. The number of nitrogens with zero attached hydrogens (tertiary/aromatic N) is 1. The number of rotatable bonds is 3. The molecule has 2 aromatic rings. The van der Waals surface area contributed by atoms with Gasteiger partial charge in [-0.1, -0.05) is 30.3 Å². The topological polar surface area (TPSA) is 49.4 Å². The average Bonchev–Trinajstić information content (AvgIpc) is 3.44. The van der Waals surface area contributed by atoms with Crippen LogP contribution in [0.2, 0.25) is 0 Å². The van der Waals surface area contributed by atoms with E-state index in [0.717, 1.165) is 24.1 Å². The van der Waals surface area contributed by atoms with Crippen molar-refractivity contribution in [1.29, 1.82) is 0 Å². The monoisotopic (exact) mass is 356 g/mol. The molecular weight excluding hydrogens is 338 g/mol. The second-order valence-corrected chi connectivity index (χ2v) is 6.81. The third kappa shape index (κ3) is 3.07. The number of amides is 2. The minimum absolute atomic E-state index is 0.0614. The molecule has 0 bridgehead atoms. The van der Waals surface area contributed by atoms with Gasteiger partial charge in [0.15, 0.2) is 0 Å². The SMILES string of the molecule is O=C(Nc1c(F)cccc1F)C1CC1C(=O)N1CCc2ccccc2C1. The van der Waals surface area contributed by atoms with E-state index in [4.69, 9.17) is 0 Å². The molecule has 0 aromatic heterocycles. The summed E-state index contributed by atoms with van der Waals surface area (Å²) in [6.07, 6.45) is 1.21. The predicted molar refractivity (Wildman–Crippen MR) is 92.1 cm³/mol. The Hall–Kier alpha value is -2.76. The molecular formula is C20H18F2N2O2. The zero-order valence-corrected chi connectivity index (χ0v) is 14.0. The molecule has 0 spiro atoms. The standard InChI is InChI=1S/C20H18F2N2O2/c21-16-6-3-7-17(22)18(16)23-19(25)14-10-15(14)20(26)24-9-8-12-4-1-2-5-13(12)11-24/h1-7,14-15H,8-11H2,(H,23,25). The van der Waals surface area contributed by atoms with Crippen molar-refractivity contribution in [2.75, 3.05) is 11.9 Å². The maximum absolute atomic E-state index is 13.7. The van der Waals surface area contributed by atoms with Crippen molar-refractivity contribution in [2.45, 2.75) is 19.4 Å². The van der Waals surface area contributed by atoms with Gasteiger partial charge in [0.25, 0.3) is 0 Å². The van der Waals surface area contributed by atoms with E-state index in [1.807, 2.05) is 18.2 Å². The van der Waals surface area contributed by atoms with Gasteiger partial charge in [0, 0.05) is 13.1 Å². The van der Waals surface area contributed by atoms with Gasteiger partial charge >= 0.3 is 0 Å².